The van der Waals surface area contributed by atoms with Gasteiger partial charge in [0, 0.05) is 0 Å². The molecule has 180 valence electrons. The van der Waals surface area contributed by atoms with Crippen LogP contribution in [0.25, 0.3) is 0 Å². The molecule has 0 spiro atoms. The summed E-state index contributed by atoms with van der Waals surface area (Å²) in [5, 5.41) is 2.22. The van der Waals surface area contributed by atoms with E-state index in [1.54, 1.807) is 0 Å². The van der Waals surface area contributed by atoms with Crippen molar-refractivity contribution in [2.75, 3.05) is 0 Å². The third-order valence-corrected chi connectivity index (χ3v) is 7.12. The Bertz CT molecular complexity index is 1340. The number of hydrogen-bond donors (Lipinski definition) is 0. The fraction of sp³-hybridized carbons (Fsp3) is 0.0857. The molecule has 0 aromatic heterocycles. The molecule has 5 aromatic carbocycles. The summed E-state index contributed by atoms with van der Waals surface area (Å²) in [6.45, 7) is 0. The highest BCUT2D eigenvalue weighted by Gasteiger charge is 2.48. The van der Waals surface area contributed by atoms with Crippen molar-refractivity contribution in [1.82, 2.24) is 5.06 Å². The van der Waals surface area contributed by atoms with Crippen LogP contribution >= 0.6 is 0 Å². The van der Waals surface area contributed by atoms with Crippen LogP contribution in [0.2, 0.25) is 0 Å². The van der Waals surface area contributed by atoms with Crippen molar-refractivity contribution in [3.63, 3.8) is 0 Å². The van der Waals surface area contributed by atoms with E-state index in [0.717, 1.165) is 22.3 Å². The lowest BCUT2D eigenvalue weighted by Crippen LogP contribution is -2.51. The maximum absolute atomic E-state index is 7.11. The van der Waals surface area contributed by atoms with Gasteiger partial charge in [0.25, 0.3) is 0 Å². The van der Waals surface area contributed by atoms with Crippen molar-refractivity contribution >= 4 is 0 Å². The molecule has 0 aliphatic carbocycles. The lowest BCUT2D eigenvalue weighted by atomic mass is 9.75. The van der Waals surface area contributed by atoms with Crippen LogP contribution in [0, 0.1) is 0 Å². The number of hydrogen-bond acceptors (Lipinski definition) is 2. The minimum absolute atomic E-state index is 0.109. The lowest BCUT2D eigenvalue weighted by molar-refractivity contribution is -0.253. The van der Waals surface area contributed by atoms with Gasteiger partial charge in [-0.2, -0.15) is 5.06 Å². The van der Waals surface area contributed by atoms with Crippen LogP contribution in [0.1, 0.15) is 40.0 Å². The van der Waals surface area contributed by atoms with Crippen molar-refractivity contribution in [3.8, 4) is 0 Å². The van der Waals surface area contributed by atoms with Crippen molar-refractivity contribution in [2.45, 2.75) is 17.7 Å². The highest BCUT2D eigenvalue weighted by molar-refractivity contribution is 5.50. The van der Waals surface area contributed by atoms with Gasteiger partial charge < -0.3 is 0 Å². The van der Waals surface area contributed by atoms with E-state index in [0.29, 0.717) is 0 Å². The predicted octanol–water partition coefficient (Wildman–Crippen LogP) is 8.26. The highest BCUT2D eigenvalue weighted by Crippen LogP contribution is 2.49. The van der Waals surface area contributed by atoms with Crippen molar-refractivity contribution in [1.29, 1.82) is 0 Å². The number of benzene rings is 5. The zero-order valence-electron chi connectivity index (χ0n) is 20.6. The zero-order valence-corrected chi connectivity index (χ0v) is 20.6. The van der Waals surface area contributed by atoms with Crippen LogP contribution < -0.4 is 0 Å². The van der Waals surface area contributed by atoms with Gasteiger partial charge in [-0.3, -0.25) is 4.84 Å². The summed E-state index contributed by atoms with van der Waals surface area (Å²) in [6, 6.07) is 53.1. The molecule has 2 atom stereocenters. The molecule has 0 N–H and O–H groups in total. The SMILES string of the molecule is C1=CC(c2ccccc2)N(C(c2ccccc2)(c2ccccc2)c2ccccc2)OC1c1ccccc1. The molecular formula is C35H29NO. The standard InChI is InChI=1S/C35H29NO/c1-6-16-28(17-7-1)33-26-27-34(29-18-8-2-9-19-29)37-36(33)35(30-20-10-3-11-21-30,31-22-12-4-13-23-31)32-24-14-5-15-25-32/h1-27,33-34H. The van der Waals surface area contributed by atoms with Crippen molar-refractivity contribution in [2.24, 2.45) is 0 Å². The van der Waals surface area contributed by atoms with Gasteiger partial charge >= 0.3 is 0 Å². The Hall–Kier alpha value is -4.24. The number of rotatable bonds is 6. The smallest absolute Gasteiger partial charge is 0.123 e. The van der Waals surface area contributed by atoms with Crippen LogP contribution in [0.15, 0.2) is 164 Å². The molecule has 1 aliphatic rings. The van der Waals surface area contributed by atoms with E-state index in [-0.39, 0.29) is 12.1 Å². The summed E-state index contributed by atoms with van der Waals surface area (Å²) in [5.41, 5.74) is 5.04. The molecular weight excluding hydrogens is 450 g/mol. The van der Waals surface area contributed by atoms with Gasteiger partial charge in [-0.25, -0.2) is 0 Å². The summed E-state index contributed by atoms with van der Waals surface area (Å²) in [6.07, 6.45) is 4.27. The zero-order chi connectivity index (χ0) is 24.9. The van der Waals surface area contributed by atoms with E-state index >= 15 is 0 Å². The van der Waals surface area contributed by atoms with Gasteiger partial charge in [0.05, 0.1) is 6.04 Å². The molecule has 2 nitrogen and oxygen atoms in total. The average molecular weight is 480 g/mol. The molecule has 5 aromatic rings. The van der Waals surface area contributed by atoms with Gasteiger partial charge in [0.15, 0.2) is 0 Å². The monoisotopic (exact) mass is 479 g/mol. The van der Waals surface area contributed by atoms with E-state index in [1.807, 2.05) is 6.07 Å². The van der Waals surface area contributed by atoms with Crippen LogP contribution in [-0.4, -0.2) is 5.06 Å². The molecule has 0 bridgehead atoms. The number of nitrogens with zero attached hydrogens (tertiary/aromatic N) is 1. The second-order valence-electron chi connectivity index (χ2n) is 9.31. The Kier molecular flexibility index (Phi) is 6.51. The third-order valence-electron chi connectivity index (χ3n) is 7.12. The number of hydroxylamine groups is 2. The minimum Gasteiger partial charge on any atom is -0.284 e. The molecule has 0 saturated heterocycles. The predicted molar refractivity (Wildman–Crippen MR) is 150 cm³/mol. The first-order valence-electron chi connectivity index (χ1n) is 12.8. The van der Waals surface area contributed by atoms with E-state index in [9.17, 15) is 0 Å². The normalized spacial score (nSPS) is 17.9. The van der Waals surface area contributed by atoms with E-state index < -0.39 is 5.54 Å². The van der Waals surface area contributed by atoms with Crippen LogP contribution in [0.5, 0.6) is 0 Å². The van der Waals surface area contributed by atoms with Crippen molar-refractivity contribution < 1.29 is 4.84 Å². The molecule has 1 aliphatic heterocycles. The third kappa shape index (κ3) is 4.31. The van der Waals surface area contributed by atoms with Gasteiger partial charge in [0.1, 0.15) is 11.6 Å². The van der Waals surface area contributed by atoms with E-state index in [2.05, 4.69) is 163 Å². The Morgan fingerprint density at radius 2 is 0.811 bits per heavy atom. The molecule has 0 radical (unpaired) electrons. The summed E-state index contributed by atoms with van der Waals surface area (Å²) in [5.74, 6) is 0. The first kappa shape index (κ1) is 23.2. The molecule has 0 saturated carbocycles. The van der Waals surface area contributed by atoms with E-state index in [1.165, 1.54) is 5.56 Å². The molecule has 0 fully saturated rings. The summed E-state index contributed by atoms with van der Waals surface area (Å²) < 4.78 is 0. The Morgan fingerprint density at radius 3 is 1.24 bits per heavy atom. The fourth-order valence-corrected chi connectivity index (χ4v) is 5.43. The van der Waals surface area contributed by atoms with Gasteiger partial charge in [0.2, 0.25) is 0 Å². The largest absolute Gasteiger partial charge is 0.284 e. The molecule has 0 amide bonds. The molecule has 6 rings (SSSR count). The molecule has 37 heavy (non-hydrogen) atoms. The van der Waals surface area contributed by atoms with E-state index in [4.69, 9.17) is 4.84 Å². The summed E-state index contributed by atoms with van der Waals surface area (Å²) >= 11 is 0. The topological polar surface area (TPSA) is 12.5 Å². The summed E-state index contributed by atoms with van der Waals surface area (Å²) in [7, 11) is 0. The first-order valence-corrected chi connectivity index (χ1v) is 12.8. The Labute approximate surface area is 219 Å². The van der Waals surface area contributed by atoms with Crippen LogP contribution in [0.4, 0.5) is 0 Å². The molecule has 1 heterocycles. The van der Waals surface area contributed by atoms with Gasteiger partial charge in [-0.05, 0) is 27.8 Å². The second kappa shape index (κ2) is 10.4. The Morgan fingerprint density at radius 1 is 0.432 bits per heavy atom. The second-order valence-corrected chi connectivity index (χ2v) is 9.31. The van der Waals surface area contributed by atoms with Crippen molar-refractivity contribution in [3.05, 3.63) is 192 Å². The fourth-order valence-electron chi connectivity index (χ4n) is 5.43. The highest BCUT2D eigenvalue weighted by atomic mass is 16.7. The lowest BCUT2D eigenvalue weighted by Gasteiger charge is -2.49. The maximum atomic E-state index is 7.11. The van der Waals surface area contributed by atoms with Gasteiger partial charge in [-0.1, -0.05) is 164 Å². The molecule has 2 unspecified atom stereocenters. The van der Waals surface area contributed by atoms with Gasteiger partial charge in [-0.15, -0.1) is 0 Å². The molecule has 2 heteroatoms. The minimum atomic E-state index is -0.706. The maximum Gasteiger partial charge on any atom is 0.123 e. The average Bonchev–Trinajstić information content (AvgIpc) is 3.00. The quantitative estimate of drug-likeness (QED) is 0.179. The Balaban J connectivity index is 1.65. The van der Waals surface area contributed by atoms with Crippen LogP contribution in [0.3, 0.4) is 0 Å². The first-order chi connectivity index (χ1) is 18.4. The summed E-state index contributed by atoms with van der Waals surface area (Å²) in [4.78, 5) is 7.11. The van der Waals surface area contributed by atoms with Crippen LogP contribution in [-0.2, 0) is 10.4 Å².